The van der Waals surface area contributed by atoms with Gasteiger partial charge in [-0.1, -0.05) is 11.6 Å². The molecule has 1 fully saturated rings. The van der Waals surface area contributed by atoms with Crippen molar-refractivity contribution in [3.63, 3.8) is 0 Å². The quantitative estimate of drug-likeness (QED) is 0.630. The van der Waals surface area contributed by atoms with Gasteiger partial charge in [0, 0.05) is 17.8 Å². The number of pyridine rings is 1. The van der Waals surface area contributed by atoms with Gasteiger partial charge < -0.3 is 4.98 Å². The van der Waals surface area contributed by atoms with Crippen molar-refractivity contribution in [2.45, 2.75) is 18.9 Å². The van der Waals surface area contributed by atoms with Crippen LogP contribution in [0.15, 0.2) is 11.0 Å². The lowest BCUT2D eigenvalue weighted by molar-refractivity contribution is 0.315. The third-order valence-electron chi connectivity index (χ3n) is 2.89. The van der Waals surface area contributed by atoms with E-state index in [0.29, 0.717) is 8.72 Å². The number of hydrogen-bond donors (Lipinski definition) is 1. The van der Waals surface area contributed by atoms with Crippen LogP contribution in [-0.2, 0) is 0 Å². The Hall–Kier alpha value is -0.0700. The largest absolute Gasteiger partial charge is 0.351 e. The summed E-state index contributed by atoms with van der Waals surface area (Å²) in [7, 11) is 2.05. The Morgan fingerprint density at radius 3 is 3.00 bits per heavy atom. The predicted octanol–water partition coefficient (Wildman–Crippen LogP) is 2.40. The van der Waals surface area contributed by atoms with Gasteiger partial charge in [0.2, 0.25) is 5.43 Å². The molecule has 15 heavy (non-hydrogen) atoms. The summed E-state index contributed by atoms with van der Waals surface area (Å²) < 4.78 is 0.590. The molecule has 1 aliphatic heterocycles. The molecule has 0 unspecified atom stereocenters. The molecule has 0 radical (unpaired) electrons. The van der Waals surface area contributed by atoms with Gasteiger partial charge in [-0.3, -0.25) is 9.69 Å². The van der Waals surface area contributed by atoms with E-state index >= 15 is 0 Å². The summed E-state index contributed by atoms with van der Waals surface area (Å²) >= 11 is 7.85. The predicted molar refractivity (Wildman–Crippen MR) is 69.4 cm³/mol. The molecule has 0 aromatic carbocycles. The fourth-order valence-corrected chi connectivity index (χ4v) is 2.65. The highest BCUT2D eigenvalue weighted by molar-refractivity contribution is 14.1. The van der Waals surface area contributed by atoms with Gasteiger partial charge in [-0.25, -0.2) is 0 Å². The van der Waals surface area contributed by atoms with Crippen LogP contribution in [0.4, 0.5) is 0 Å². The van der Waals surface area contributed by atoms with Crippen LogP contribution in [0, 0.1) is 3.57 Å². The standard InChI is InChI=1S/C10H12ClIN2O/c1-14-4-2-3-7(14)6-5-13-10(11)8(12)9(6)15/h5,7H,2-4H2,1H3,(H,13,15)/t7-/m0/s1. The number of aromatic nitrogens is 1. The Labute approximate surface area is 107 Å². The first kappa shape index (κ1) is 11.4. The first-order valence-corrected chi connectivity index (χ1v) is 6.33. The van der Waals surface area contributed by atoms with Crippen molar-refractivity contribution in [3.8, 4) is 0 Å². The van der Waals surface area contributed by atoms with Crippen LogP contribution in [0.5, 0.6) is 0 Å². The molecule has 5 heteroatoms. The van der Waals surface area contributed by atoms with Crippen molar-refractivity contribution in [1.82, 2.24) is 9.88 Å². The zero-order valence-electron chi connectivity index (χ0n) is 8.39. The third kappa shape index (κ3) is 2.07. The highest BCUT2D eigenvalue weighted by atomic mass is 127. The molecule has 1 aromatic rings. The zero-order valence-corrected chi connectivity index (χ0v) is 11.3. The lowest BCUT2D eigenvalue weighted by Crippen LogP contribution is -2.25. The van der Waals surface area contributed by atoms with Crippen molar-refractivity contribution in [1.29, 1.82) is 0 Å². The zero-order chi connectivity index (χ0) is 11.0. The van der Waals surface area contributed by atoms with Crippen LogP contribution in [0.25, 0.3) is 0 Å². The number of halogens is 2. The summed E-state index contributed by atoms with van der Waals surface area (Å²) in [4.78, 5) is 17.1. The Morgan fingerprint density at radius 2 is 2.40 bits per heavy atom. The first-order valence-electron chi connectivity index (χ1n) is 4.88. The Bertz CT molecular complexity index is 432. The number of nitrogens with one attached hydrogen (secondary N) is 1. The van der Waals surface area contributed by atoms with Crippen molar-refractivity contribution in [2.75, 3.05) is 13.6 Å². The van der Waals surface area contributed by atoms with Crippen molar-refractivity contribution in [2.24, 2.45) is 0 Å². The summed E-state index contributed by atoms with van der Waals surface area (Å²) in [6.45, 7) is 1.06. The fourth-order valence-electron chi connectivity index (χ4n) is 2.05. The maximum absolute atomic E-state index is 12.0. The van der Waals surface area contributed by atoms with Crippen molar-refractivity contribution in [3.05, 3.63) is 30.7 Å². The van der Waals surface area contributed by atoms with Gasteiger partial charge in [-0.05, 0) is 49.0 Å². The van der Waals surface area contributed by atoms with Crippen LogP contribution < -0.4 is 5.43 Å². The van der Waals surface area contributed by atoms with Crippen LogP contribution in [0.3, 0.4) is 0 Å². The Kier molecular flexibility index (Phi) is 3.37. The molecule has 1 aromatic heterocycles. The summed E-state index contributed by atoms with van der Waals surface area (Å²) in [5.41, 5.74) is 0.905. The Morgan fingerprint density at radius 1 is 1.67 bits per heavy atom. The number of hydrogen-bond acceptors (Lipinski definition) is 2. The second-order valence-electron chi connectivity index (χ2n) is 3.84. The molecule has 2 heterocycles. The van der Waals surface area contributed by atoms with E-state index in [2.05, 4.69) is 16.9 Å². The van der Waals surface area contributed by atoms with Gasteiger partial charge in [-0.15, -0.1) is 0 Å². The molecule has 0 saturated carbocycles. The summed E-state index contributed by atoms with van der Waals surface area (Å²) in [6, 6.07) is 0.250. The molecule has 0 bridgehead atoms. The molecule has 1 N–H and O–H groups in total. The number of likely N-dealkylation sites (tertiary alicyclic amines) is 1. The number of rotatable bonds is 1. The number of H-pyrrole nitrogens is 1. The van der Waals surface area contributed by atoms with E-state index in [1.165, 1.54) is 0 Å². The lowest BCUT2D eigenvalue weighted by Gasteiger charge is -2.19. The molecular formula is C10H12ClIN2O. The van der Waals surface area contributed by atoms with Crippen molar-refractivity contribution >= 4 is 34.2 Å². The molecular weight excluding hydrogens is 326 g/mol. The minimum Gasteiger partial charge on any atom is -0.351 e. The summed E-state index contributed by atoms with van der Waals surface area (Å²) in [5, 5.41) is 0.435. The van der Waals surface area contributed by atoms with Gasteiger partial charge >= 0.3 is 0 Å². The SMILES string of the molecule is CN1CCC[C@H]1c1c[nH]c(Cl)c(I)c1=O. The molecule has 82 valence electrons. The normalized spacial score (nSPS) is 22.2. The van der Waals surface area contributed by atoms with E-state index in [9.17, 15) is 4.79 Å². The summed E-state index contributed by atoms with van der Waals surface area (Å²) in [6.07, 6.45) is 3.95. The summed E-state index contributed by atoms with van der Waals surface area (Å²) in [5.74, 6) is 0. The molecule has 2 rings (SSSR count). The van der Waals surface area contributed by atoms with Crippen LogP contribution in [-0.4, -0.2) is 23.5 Å². The number of aromatic amines is 1. The average molecular weight is 339 g/mol. The monoisotopic (exact) mass is 338 g/mol. The van der Waals surface area contributed by atoms with Gasteiger partial charge in [-0.2, -0.15) is 0 Å². The minimum atomic E-state index is 0.0677. The first-order chi connectivity index (χ1) is 7.11. The minimum absolute atomic E-state index is 0.0677. The van der Waals surface area contributed by atoms with Crippen LogP contribution in [0.2, 0.25) is 5.15 Å². The van der Waals surface area contributed by atoms with E-state index in [-0.39, 0.29) is 11.5 Å². The Balaban J connectivity index is 2.45. The highest BCUT2D eigenvalue weighted by Crippen LogP contribution is 2.28. The third-order valence-corrected chi connectivity index (χ3v) is 4.53. The van der Waals surface area contributed by atoms with E-state index in [1.807, 2.05) is 22.6 Å². The van der Waals surface area contributed by atoms with Gasteiger partial charge in [0.1, 0.15) is 5.15 Å². The molecule has 0 spiro atoms. The second kappa shape index (κ2) is 4.43. The second-order valence-corrected chi connectivity index (χ2v) is 5.30. The van der Waals surface area contributed by atoms with E-state index in [4.69, 9.17) is 11.6 Å². The van der Waals surface area contributed by atoms with E-state index in [1.54, 1.807) is 6.20 Å². The molecule has 0 amide bonds. The van der Waals surface area contributed by atoms with E-state index < -0.39 is 0 Å². The molecule has 1 aliphatic rings. The molecule has 1 atom stereocenters. The lowest BCUT2D eigenvalue weighted by atomic mass is 10.1. The van der Waals surface area contributed by atoms with Gasteiger partial charge in [0.05, 0.1) is 3.57 Å². The fraction of sp³-hybridized carbons (Fsp3) is 0.500. The maximum atomic E-state index is 12.0. The molecule has 1 saturated heterocycles. The smallest absolute Gasteiger partial charge is 0.201 e. The molecule has 0 aliphatic carbocycles. The topological polar surface area (TPSA) is 36.1 Å². The van der Waals surface area contributed by atoms with Gasteiger partial charge in [0.15, 0.2) is 0 Å². The van der Waals surface area contributed by atoms with Crippen molar-refractivity contribution < 1.29 is 0 Å². The van der Waals surface area contributed by atoms with Crippen LogP contribution in [0.1, 0.15) is 24.4 Å². The van der Waals surface area contributed by atoms with Crippen LogP contribution >= 0.6 is 34.2 Å². The maximum Gasteiger partial charge on any atom is 0.201 e. The van der Waals surface area contributed by atoms with Gasteiger partial charge in [0.25, 0.3) is 0 Å². The van der Waals surface area contributed by atoms with E-state index in [0.717, 1.165) is 24.9 Å². The molecule has 3 nitrogen and oxygen atoms in total. The average Bonchev–Trinajstić information content (AvgIpc) is 2.62. The number of nitrogens with zero attached hydrogens (tertiary/aromatic N) is 1. The highest BCUT2D eigenvalue weighted by Gasteiger charge is 2.25.